The van der Waals surface area contributed by atoms with Crippen molar-refractivity contribution in [3.8, 4) is 0 Å². The topological polar surface area (TPSA) is 84.2 Å². The van der Waals surface area contributed by atoms with Crippen LogP contribution in [-0.2, 0) is 9.59 Å². The van der Waals surface area contributed by atoms with Crippen LogP contribution in [-0.4, -0.2) is 30.9 Å². The van der Waals surface area contributed by atoms with Gasteiger partial charge in [0.1, 0.15) is 0 Å². The predicted octanol–water partition coefficient (Wildman–Crippen LogP) is 0.536. The monoisotopic (exact) mass is 255 g/mol. The molecule has 5 heteroatoms. The van der Waals surface area contributed by atoms with E-state index >= 15 is 0 Å². The van der Waals surface area contributed by atoms with Gasteiger partial charge in [-0.15, -0.1) is 0 Å². The fourth-order valence-corrected chi connectivity index (χ4v) is 2.36. The van der Waals surface area contributed by atoms with Crippen LogP contribution < -0.4 is 16.4 Å². The molecule has 0 bridgehead atoms. The van der Waals surface area contributed by atoms with Crippen molar-refractivity contribution in [3.05, 3.63) is 0 Å². The number of nitrogens with two attached hydrogens (primary N) is 1. The van der Waals surface area contributed by atoms with Crippen molar-refractivity contribution in [1.29, 1.82) is 0 Å². The Hall–Kier alpha value is -1.10. The maximum atomic E-state index is 11.7. The highest BCUT2D eigenvalue weighted by Crippen LogP contribution is 2.25. The molecule has 104 valence electrons. The molecule has 2 atom stereocenters. The van der Waals surface area contributed by atoms with Gasteiger partial charge in [0.2, 0.25) is 11.8 Å². The third kappa shape index (κ3) is 6.00. The first-order chi connectivity index (χ1) is 8.61. The van der Waals surface area contributed by atoms with E-state index < -0.39 is 0 Å². The molecule has 0 aromatic rings. The van der Waals surface area contributed by atoms with Gasteiger partial charge in [0.15, 0.2) is 0 Å². The second kappa shape index (κ2) is 8.08. The van der Waals surface area contributed by atoms with E-state index in [1.807, 2.05) is 6.92 Å². The Bertz CT molecular complexity index is 281. The fraction of sp³-hybridized carbons (Fsp3) is 0.846. The molecule has 1 saturated carbocycles. The molecule has 0 aromatic carbocycles. The normalized spacial score (nSPS) is 23.4. The van der Waals surface area contributed by atoms with Gasteiger partial charge in [-0.2, -0.15) is 0 Å². The summed E-state index contributed by atoms with van der Waals surface area (Å²) in [5.74, 6) is 0.221. The molecule has 1 fully saturated rings. The molecule has 0 radical (unpaired) electrons. The number of hydrogen-bond donors (Lipinski definition) is 3. The molecule has 0 aliphatic heterocycles. The Labute approximate surface area is 109 Å². The summed E-state index contributed by atoms with van der Waals surface area (Å²) in [7, 11) is 0. The average molecular weight is 255 g/mol. The Morgan fingerprint density at radius 2 is 2.00 bits per heavy atom. The smallest absolute Gasteiger partial charge is 0.239 e. The Morgan fingerprint density at radius 1 is 1.22 bits per heavy atom. The first-order valence-corrected chi connectivity index (χ1v) is 6.90. The van der Waals surface area contributed by atoms with Crippen molar-refractivity contribution < 1.29 is 9.59 Å². The van der Waals surface area contributed by atoms with Crippen molar-refractivity contribution in [3.63, 3.8) is 0 Å². The summed E-state index contributed by atoms with van der Waals surface area (Å²) in [5.41, 5.74) is 5.88. The third-order valence-corrected chi connectivity index (χ3v) is 3.32. The minimum atomic E-state index is -0.120. The maximum Gasteiger partial charge on any atom is 0.239 e. The van der Waals surface area contributed by atoms with E-state index in [1.165, 1.54) is 0 Å². The molecule has 1 rings (SSSR count). The van der Waals surface area contributed by atoms with Crippen molar-refractivity contribution in [2.45, 2.75) is 51.5 Å². The predicted molar refractivity (Wildman–Crippen MR) is 70.9 cm³/mol. The van der Waals surface area contributed by atoms with Crippen LogP contribution in [0.4, 0.5) is 0 Å². The van der Waals surface area contributed by atoms with Crippen LogP contribution in [0.3, 0.4) is 0 Å². The molecule has 0 spiro atoms. The van der Waals surface area contributed by atoms with E-state index in [1.54, 1.807) is 0 Å². The second-order valence-electron chi connectivity index (χ2n) is 5.12. The number of carbonyl (C=O) groups excluding carboxylic acids is 2. The van der Waals surface area contributed by atoms with Crippen LogP contribution in [0.25, 0.3) is 0 Å². The van der Waals surface area contributed by atoms with Gasteiger partial charge in [-0.25, -0.2) is 0 Å². The SMILES string of the molecule is CCCNC(=O)CNC(=O)CC1CCCC(N)C1. The highest BCUT2D eigenvalue weighted by Gasteiger charge is 2.21. The van der Waals surface area contributed by atoms with Crippen molar-refractivity contribution in [1.82, 2.24) is 10.6 Å². The van der Waals surface area contributed by atoms with E-state index in [4.69, 9.17) is 5.73 Å². The van der Waals surface area contributed by atoms with Crippen molar-refractivity contribution in [2.75, 3.05) is 13.1 Å². The summed E-state index contributed by atoms with van der Waals surface area (Å²) in [6.45, 7) is 2.73. The molecule has 4 N–H and O–H groups in total. The lowest BCUT2D eigenvalue weighted by molar-refractivity contribution is -0.126. The molecule has 5 nitrogen and oxygen atoms in total. The molecule has 1 aliphatic carbocycles. The summed E-state index contributed by atoms with van der Waals surface area (Å²) < 4.78 is 0. The molecular formula is C13H25N3O2. The van der Waals surface area contributed by atoms with Gasteiger partial charge in [-0.05, 0) is 31.6 Å². The van der Waals surface area contributed by atoms with Gasteiger partial charge in [0, 0.05) is 19.0 Å². The zero-order chi connectivity index (χ0) is 13.4. The minimum Gasteiger partial charge on any atom is -0.355 e. The van der Waals surface area contributed by atoms with Gasteiger partial charge >= 0.3 is 0 Å². The molecule has 2 amide bonds. The molecular weight excluding hydrogens is 230 g/mol. The Balaban J connectivity index is 2.15. The molecule has 0 saturated heterocycles. The fourth-order valence-electron chi connectivity index (χ4n) is 2.36. The van der Waals surface area contributed by atoms with Crippen LogP contribution in [0.5, 0.6) is 0 Å². The lowest BCUT2D eigenvalue weighted by Gasteiger charge is -2.25. The average Bonchev–Trinajstić information content (AvgIpc) is 2.34. The van der Waals surface area contributed by atoms with Gasteiger partial charge in [-0.1, -0.05) is 13.3 Å². The van der Waals surface area contributed by atoms with Crippen LogP contribution >= 0.6 is 0 Å². The van der Waals surface area contributed by atoms with Crippen LogP contribution in [0.1, 0.15) is 45.4 Å². The zero-order valence-electron chi connectivity index (χ0n) is 11.2. The third-order valence-electron chi connectivity index (χ3n) is 3.32. The molecule has 0 heterocycles. The van der Waals surface area contributed by atoms with E-state index in [9.17, 15) is 9.59 Å². The Kier molecular flexibility index (Phi) is 6.72. The van der Waals surface area contributed by atoms with Gasteiger partial charge in [-0.3, -0.25) is 9.59 Å². The van der Waals surface area contributed by atoms with Gasteiger partial charge in [0.05, 0.1) is 6.54 Å². The second-order valence-corrected chi connectivity index (χ2v) is 5.12. The quantitative estimate of drug-likeness (QED) is 0.647. The van der Waals surface area contributed by atoms with E-state index in [-0.39, 0.29) is 24.4 Å². The lowest BCUT2D eigenvalue weighted by Crippen LogP contribution is -2.38. The Morgan fingerprint density at radius 3 is 2.67 bits per heavy atom. The molecule has 1 aliphatic rings. The van der Waals surface area contributed by atoms with Crippen LogP contribution in [0.2, 0.25) is 0 Å². The number of carbonyl (C=O) groups is 2. The zero-order valence-corrected chi connectivity index (χ0v) is 11.2. The number of hydrogen-bond acceptors (Lipinski definition) is 3. The summed E-state index contributed by atoms with van der Waals surface area (Å²) in [6.07, 6.45) is 5.57. The summed E-state index contributed by atoms with van der Waals surface area (Å²) in [6, 6.07) is 0.240. The van der Waals surface area contributed by atoms with E-state index in [2.05, 4.69) is 10.6 Å². The van der Waals surface area contributed by atoms with E-state index in [0.29, 0.717) is 18.9 Å². The van der Waals surface area contributed by atoms with Crippen LogP contribution in [0, 0.1) is 5.92 Å². The minimum absolute atomic E-state index is 0.0410. The summed E-state index contributed by atoms with van der Waals surface area (Å²) >= 11 is 0. The first kappa shape index (κ1) is 15.0. The molecule has 18 heavy (non-hydrogen) atoms. The number of nitrogens with one attached hydrogen (secondary N) is 2. The van der Waals surface area contributed by atoms with Crippen molar-refractivity contribution >= 4 is 11.8 Å². The standard InChI is InChI=1S/C13H25N3O2/c1-2-6-15-13(18)9-16-12(17)8-10-4-3-5-11(14)7-10/h10-11H,2-9,14H2,1H3,(H,15,18)(H,16,17). The number of amides is 2. The molecule has 2 unspecified atom stereocenters. The largest absolute Gasteiger partial charge is 0.355 e. The highest BCUT2D eigenvalue weighted by molar-refractivity contribution is 5.84. The van der Waals surface area contributed by atoms with Crippen LogP contribution in [0.15, 0.2) is 0 Å². The summed E-state index contributed by atoms with van der Waals surface area (Å²) in [4.78, 5) is 23.0. The van der Waals surface area contributed by atoms with Crippen molar-refractivity contribution in [2.24, 2.45) is 11.7 Å². The number of rotatable bonds is 6. The highest BCUT2D eigenvalue weighted by atomic mass is 16.2. The first-order valence-electron chi connectivity index (χ1n) is 6.90. The molecule has 0 aromatic heterocycles. The van der Waals surface area contributed by atoms with Gasteiger partial charge in [0.25, 0.3) is 0 Å². The summed E-state index contributed by atoms with van der Waals surface area (Å²) in [5, 5.41) is 5.39. The lowest BCUT2D eigenvalue weighted by atomic mass is 9.84. The van der Waals surface area contributed by atoms with E-state index in [0.717, 1.165) is 32.1 Å². The maximum absolute atomic E-state index is 11.7. The van der Waals surface area contributed by atoms with Gasteiger partial charge < -0.3 is 16.4 Å².